The van der Waals surface area contributed by atoms with Gasteiger partial charge < -0.3 is 10.1 Å². The van der Waals surface area contributed by atoms with Crippen molar-refractivity contribution in [2.24, 2.45) is 0 Å². The molecule has 0 saturated heterocycles. The summed E-state index contributed by atoms with van der Waals surface area (Å²) >= 11 is 0. The van der Waals surface area contributed by atoms with Gasteiger partial charge in [-0.15, -0.1) is 0 Å². The maximum absolute atomic E-state index is 12.2. The van der Waals surface area contributed by atoms with Crippen LogP contribution in [0.2, 0.25) is 0 Å². The van der Waals surface area contributed by atoms with Crippen LogP contribution in [-0.4, -0.2) is 31.0 Å². The highest BCUT2D eigenvalue weighted by molar-refractivity contribution is 5.90. The Hall–Kier alpha value is -2.33. The van der Waals surface area contributed by atoms with Gasteiger partial charge in [-0.25, -0.2) is 0 Å². The number of hydrogen-bond acceptors (Lipinski definition) is 3. The largest absolute Gasteiger partial charge is 0.497 e. The molecule has 2 rings (SSSR count). The van der Waals surface area contributed by atoms with E-state index in [0.717, 1.165) is 36.6 Å². The Kier molecular flexibility index (Phi) is 7.48. The third-order valence-electron chi connectivity index (χ3n) is 4.29. The van der Waals surface area contributed by atoms with Crippen LogP contribution in [0.4, 0.5) is 5.69 Å². The number of hydrogen-bond donors (Lipinski definition) is 1. The average Bonchev–Trinajstić information content (AvgIpc) is 2.65. The second kappa shape index (κ2) is 9.84. The third-order valence-corrected chi connectivity index (χ3v) is 4.29. The predicted octanol–water partition coefficient (Wildman–Crippen LogP) is 4.11. The number of methoxy groups -OCH3 is 1. The fraction of sp³-hybridized carbons (Fsp3) is 0.381. The number of nitrogens with zero attached hydrogens (tertiary/aromatic N) is 1. The number of carbonyl (C=O) groups is 1. The van der Waals surface area contributed by atoms with Gasteiger partial charge in [0, 0.05) is 18.7 Å². The number of nitrogens with one attached hydrogen (secondary N) is 1. The van der Waals surface area contributed by atoms with E-state index in [9.17, 15) is 4.79 Å². The fourth-order valence-electron chi connectivity index (χ4n) is 2.76. The van der Waals surface area contributed by atoms with Crippen LogP contribution in [0.3, 0.4) is 0 Å². The van der Waals surface area contributed by atoms with E-state index >= 15 is 0 Å². The van der Waals surface area contributed by atoms with Crippen LogP contribution >= 0.6 is 0 Å². The fourth-order valence-corrected chi connectivity index (χ4v) is 2.76. The number of carbonyl (C=O) groups excluding carboxylic acids is 1. The lowest BCUT2D eigenvalue weighted by atomic mass is 10.1. The molecule has 1 amide bonds. The molecule has 134 valence electrons. The number of rotatable bonds is 9. The molecule has 0 saturated carbocycles. The first-order valence-corrected chi connectivity index (χ1v) is 8.88. The van der Waals surface area contributed by atoms with Crippen molar-refractivity contribution in [1.82, 2.24) is 4.90 Å². The Labute approximate surface area is 150 Å². The minimum absolute atomic E-state index is 0.0304. The summed E-state index contributed by atoms with van der Waals surface area (Å²) in [4.78, 5) is 14.6. The predicted molar refractivity (Wildman–Crippen MR) is 103 cm³/mol. The first-order chi connectivity index (χ1) is 12.1. The molecular formula is C21H28N2O2. The van der Waals surface area contributed by atoms with Gasteiger partial charge in [0.2, 0.25) is 5.91 Å². The van der Waals surface area contributed by atoms with Crippen LogP contribution in [0.25, 0.3) is 0 Å². The van der Waals surface area contributed by atoms with Crippen LogP contribution in [0.15, 0.2) is 48.5 Å². The van der Waals surface area contributed by atoms with Gasteiger partial charge in [-0.1, -0.05) is 38.1 Å². The Balaban J connectivity index is 1.89. The molecule has 2 aromatic carbocycles. The second-order valence-electron chi connectivity index (χ2n) is 6.06. The number of benzene rings is 2. The molecule has 0 unspecified atom stereocenters. The minimum atomic E-state index is 0.0304. The lowest BCUT2D eigenvalue weighted by Crippen LogP contribution is -2.22. The van der Waals surface area contributed by atoms with Gasteiger partial charge in [-0.05, 0) is 54.9 Å². The van der Waals surface area contributed by atoms with Crippen LogP contribution in [0.1, 0.15) is 31.4 Å². The van der Waals surface area contributed by atoms with Crippen molar-refractivity contribution in [1.29, 1.82) is 0 Å². The first kappa shape index (κ1) is 19.0. The summed E-state index contributed by atoms with van der Waals surface area (Å²) in [5, 5.41) is 3.00. The summed E-state index contributed by atoms with van der Waals surface area (Å²) < 4.78 is 5.22. The summed E-state index contributed by atoms with van der Waals surface area (Å²) in [5.41, 5.74) is 3.18. The number of amides is 1. The Morgan fingerprint density at radius 1 is 1.04 bits per heavy atom. The molecule has 0 aromatic heterocycles. The quantitative estimate of drug-likeness (QED) is 0.747. The Morgan fingerprint density at radius 2 is 1.76 bits per heavy atom. The molecule has 25 heavy (non-hydrogen) atoms. The van der Waals surface area contributed by atoms with Crippen molar-refractivity contribution in [3.8, 4) is 5.75 Å². The molecule has 2 aromatic rings. The molecule has 0 bridgehead atoms. The molecule has 0 heterocycles. The highest BCUT2D eigenvalue weighted by Crippen LogP contribution is 2.16. The van der Waals surface area contributed by atoms with Crippen molar-refractivity contribution in [2.75, 3.05) is 25.5 Å². The highest BCUT2D eigenvalue weighted by Gasteiger charge is 2.06. The van der Waals surface area contributed by atoms with Crippen LogP contribution in [0.5, 0.6) is 5.75 Å². The molecule has 4 heteroatoms. The van der Waals surface area contributed by atoms with Gasteiger partial charge >= 0.3 is 0 Å². The summed E-state index contributed by atoms with van der Waals surface area (Å²) in [6, 6.07) is 15.9. The zero-order valence-electron chi connectivity index (χ0n) is 15.4. The average molecular weight is 340 g/mol. The molecule has 4 nitrogen and oxygen atoms in total. The molecule has 1 N–H and O–H groups in total. The van der Waals surface area contributed by atoms with Crippen molar-refractivity contribution in [3.05, 3.63) is 59.7 Å². The zero-order chi connectivity index (χ0) is 18.1. The molecule has 0 radical (unpaired) electrons. The normalized spacial score (nSPS) is 10.7. The summed E-state index contributed by atoms with van der Waals surface area (Å²) in [6.07, 6.45) is 1.15. The molecular weight excluding hydrogens is 312 g/mol. The van der Waals surface area contributed by atoms with E-state index in [2.05, 4.69) is 36.2 Å². The molecule has 0 atom stereocenters. The third kappa shape index (κ3) is 6.24. The number of ether oxygens (including phenoxy) is 1. The molecule has 0 fully saturated rings. The van der Waals surface area contributed by atoms with Gasteiger partial charge in [0.15, 0.2) is 0 Å². The summed E-state index contributed by atoms with van der Waals surface area (Å²) in [7, 11) is 1.65. The maximum Gasteiger partial charge on any atom is 0.224 e. The first-order valence-electron chi connectivity index (χ1n) is 8.88. The van der Waals surface area contributed by atoms with Crippen LogP contribution in [-0.2, 0) is 17.8 Å². The molecule has 0 spiro atoms. The van der Waals surface area contributed by atoms with E-state index in [4.69, 9.17) is 4.74 Å². The summed E-state index contributed by atoms with van der Waals surface area (Å²) in [6.45, 7) is 7.27. The lowest BCUT2D eigenvalue weighted by Gasteiger charge is -2.18. The highest BCUT2D eigenvalue weighted by atomic mass is 16.5. The van der Waals surface area contributed by atoms with E-state index in [0.29, 0.717) is 12.8 Å². The molecule has 0 aliphatic heterocycles. The van der Waals surface area contributed by atoms with Crippen molar-refractivity contribution in [3.63, 3.8) is 0 Å². The number of anilines is 1. The maximum atomic E-state index is 12.2. The lowest BCUT2D eigenvalue weighted by molar-refractivity contribution is -0.116. The van der Waals surface area contributed by atoms with Gasteiger partial charge in [-0.3, -0.25) is 9.69 Å². The van der Waals surface area contributed by atoms with Crippen molar-refractivity contribution < 1.29 is 9.53 Å². The minimum Gasteiger partial charge on any atom is -0.497 e. The van der Waals surface area contributed by atoms with E-state index < -0.39 is 0 Å². The van der Waals surface area contributed by atoms with Gasteiger partial charge in [0.05, 0.1) is 7.11 Å². The monoisotopic (exact) mass is 340 g/mol. The van der Waals surface area contributed by atoms with Gasteiger partial charge in [0.25, 0.3) is 0 Å². The standard InChI is InChI=1S/C21H28N2O2/c1-4-23(5-2)16-18-9-6-10-19(14-18)22-21(24)13-12-17-8-7-11-20(15-17)25-3/h6-11,14-15H,4-5,12-13,16H2,1-3H3,(H,22,24). The SMILES string of the molecule is CCN(CC)Cc1cccc(NC(=O)CCc2cccc(OC)c2)c1. The topological polar surface area (TPSA) is 41.6 Å². The second-order valence-corrected chi connectivity index (χ2v) is 6.06. The van der Waals surface area contributed by atoms with Crippen molar-refractivity contribution >= 4 is 11.6 Å². The smallest absolute Gasteiger partial charge is 0.224 e. The van der Waals surface area contributed by atoms with Gasteiger partial charge in [0.1, 0.15) is 5.75 Å². The van der Waals surface area contributed by atoms with E-state index in [1.165, 1.54) is 5.56 Å². The molecule has 0 aliphatic rings. The van der Waals surface area contributed by atoms with Crippen LogP contribution < -0.4 is 10.1 Å². The van der Waals surface area contributed by atoms with E-state index in [1.807, 2.05) is 36.4 Å². The van der Waals surface area contributed by atoms with E-state index in [1.54, 1.807) is 7.11 Å². The van der Waals surface area contributed by atoms with Crippen molar-refractivity contribution in [2.45, 2.75) is 33.2 Å². The Morgan fingerprint density at radius 3 is 2.48 bits per heavy atom. The van der Waals surface area contributed by atoms with Crippen LogP contribution in [0, 0.1) is 0 Å². The Bertz CT molecular complexity index is 681. The van der Waals surface area contributed by atoms with Gasteiger partial charge in [-0.2, -0.15) is 0 Å². The molecule has 0 aliphatic carbocycles. The summed E-state index contributed by atoms with van der Waals surface area (Å²) in [5.74, 6) is 0.852. The van der Waals surface area contributed by atoms with E-state index in [-0.39, 0.29) is 5.91 Å². The zero-order valence-corrected chi connectivity index (χ0v) is 15.4. The number of aryl methyl sites for hydroxylation is 1.